The van der Waals surface area contributed by atoms with Crippen molar-refractivity contribution in [1.82, 2.24) is 0 Å². The molecule has 0 aliphatic carbocycles. The van der Waals surface area contributed by atoms with Crippen molar-refractivity contribution < 1.29 is 4.79 Å². The van der Waals surface area contributed by atoms with E-state index in [0.29, 0.717) is 6.42 Å². The van der Waals surface area contributed by atoms with Crippen LogP contribution < -0.4 is 0 Å². The van der Waals surface area contributed by atoms with E-state index in [0.717, 1.165) is 12.8 Å². The number of rotatable bonds is 5. The Balaban J connectivity index is 3.67. The van der Waals surface area contributed by atoms with Crippen molar-refractivity contribution >= 4 is 5.78 Å². The van der Waals surface area contributed by atoms with Gasteiger partial charge in [0.05, 0.1) is 0 Å². The zero-order valence-corrected chi connectivity index (χ0v) is 8.26. The van der Waals surface area contributed by atoms with Gasteiger partial charge >= 0.3 is 0 Å². The minimum atomic E-state index is 0.283. The van der Waals surface area contributed by atoms with Gasteiger partial charge in [-0.25, -0.2) is 0 Å². The molecular formula is C11H18O. The predicted octanol–water partition coefficient (Wildman–Crippen LogP) is 3.27. The number of allylic oxidation sites excluding steroid dienone is 4. The highest BCUT2D eigenvalue weighted by atomic mass is 16.1. The van der Waals surface area contributed by atoms with Crippen LogP contribution in [-0.4, -0.2) is 5.78 Å². The number of hydrogen-bond donors (Lipinski definition) is 0. The Kier molecular flexibility index (Phi) is 6.35. The molecule has 0 saturated heterocycles. The van der Waals surface area contributed by atoms with Crippen molar-refractivity contribution in [3.05, 3.63) is 23.8 Å². The predicted molar refractivity (Wildman–Crippen MR) is 53.1 cm³/mol. The molecule has 0 bridgehead atoms. The third-order valence-corrected chi connectivity index (χ3v) is 1.75. The molecule has 0 spiro atoms. The minimum absolute atomic E-state index is 0.283. The number of carbonyl (C=O) groups excluding carboxylic acids is 1. The summed E-state index contributed by atoms with van der Waals surface area (Å²) < 4.78 is 0. The molecule has 0 atom stereocenters. The lowest BCUT2D eigenvalue weighted by Crippen LogP contribution is -1.89. The van der Waals surface area contributed by atoms with E-state index in [-0.39, 0.29) is 5.78 Å². The summed E-state index contributed by atoms with van der Waals surface area (Å²) in [4.78, 5) is 10.6. The quantitative estimate of drug-likeness (QED) is 0.573. The van der Waals surface area contributed by atoms with Crippen LogP contribution in [0.4, 0.5) is 0 Å². The van der Waals surface area contributed by atoms with E-state index in [1.54, 1.807) is 6.92 Å². The first kappa shape index (κ1) is 11.2. The monoisotopic (exact) mass is 166 g/mol. The van der Waals surface area contributed by atoms with Crippen LogP contribution in [0.5, 0.6) is 0 Å². The maximum Gasteiger partial charge on any atom is 0.129 e. The Morgan fingerprint density at radius 2 is 1.92 bits per heavy atom. The van der Waals surface area contributed by atoms with Gasteiger partial charge in [-0.2, -0.15) is 0 Å². The fourth-order valence-corrected chi connectivity index (χ4v) is 1.08. The van der Waals surface area contributed by atoms with Gasteiger partial charge in [0.15, 0.2) is 0 Å². The lowest BCUT2D eigenvalue weighted by molar-refractivity contribution is -0.117. The highest BCUT2D eigenvalue weighted by Gasteiger charge is 1.94. The Morgan fingerprint density at radius 3 is 2.33 bits per heavy atom. The molecule has 0 radical (unpaired) electrons. The first-order valence-corrected chi connectivity index (χ1v) is 4.48. The smallest absolute Gasteiger partial charge is 0.129 e. The third kappa shape index (κ3) is 5.90. The minimum Gasteiger partial charge on any atom is -0.300 e. The van der Waals surface area contributed by atoms with E-state index in [2.05, 4.69) is 12.2 Å². The summed E-state index contributed by atoms with van der Waals surface area (Å²) in [5, 5.41) is 0. The normalized spacial score (nSPS) is 12.4. The molecule has 12 heavy (non-hydrogen) atoms. The molecule has 1 heteroatoms. The molecule has 0 amide bonds. The summed E-state index contributed by atoms with van der Waals surface area (Å²) in [5.41, 5.74) is 1.32. The van der Waals surface area contributed by atoms with Crippen molar-refractivity contribution in [3.63, 3.8) is 0 Å². The summed E-state index contributed by atoms with van der Waals surface area (Å²) >= 11 is 0. The van der Waals surface area contributed by atoms with E-state index < -0.39 is 0 Å². The molecule has 0 N–H and O–H groups in total. The first-order chi connectivity index (χ1) is 5.70. The molecule has 0 fully saturated rings. The second-order valence-electron chi connectivity index (χ2n) is 2.92. The van der Waals surface area contributed by atoms with Gasteiger partial charge in [-0.05, 0) is 33.6 Å². The van der Waals surface area contributed by atoms with Crippen LogP contribution in [0.3, 0.4) is 0 Å². The second kappa shape index (κ2) is 6.84. The number of carbonyl (C=O) groups is 1. The van der Waals surface area contributed by atoms with E-state index in [4.69, 9.17) is 0 Å². The largest absolute Gasteiger partial charge is 0.300 e. The Bertz CT molecular complexity index is 187. The van der Waals surface area contributed by atoms with Crippen molar-refractivity contribution in [3.8, 4) is 0 Å². The summed E-state index contributed by atoms with van der Waals surface area (Å²) in [7, 11) is 0. The van der Waals surface area contributed by atoms with Crippen molar-refractivity contribution in [2.24, 2.45) is 0 Å². The molecule has 0 heterocycles. The number of Topliss-reactive ketones (excluding diaryl/α,β-unsaturated/α-hetero) is 1. The summed E-state index contributed by atoms with van der Waals surface area (Å²) in [5.74, 6) is 0.283. The van der Waals surface area contributed by atoms with Crippen LogP contribution in [0.1, 0.15) is 40.0 Å². The second-order valence-corrected chi connectivity index (χ2v) is 2.92. The van der Waals surface area contributed by atoms with Crippen LogP contribution in [-0.2, 0) is 4.79 Å². The molecule has 0 aromatic carbocycles. The molecule has 0 rings (SSSR count). The average Bonchev–Trinajstić information content (AvgIpc) is 2.02. The van der Waals surface area contributed by atoms with Gasteiger partial charge in [-0.1, -0.05) is 23.8 Å². The van der Waals surface area contributed by atoms with Crippen LogP contribution >= 0.6 is 0 Å². The topological polar surface area (TPSA) is 17.1 Å². The number of hydrogen-bond acceptors (Lipinski definition) is 1. The fraction of sp³-hybridized carbons (Fsp3) is 0.545. The van der Waals surface area contributed by atoms with Gasteiger partial charge in [0.25, 0.3) is 0 Å². The van der Waals surface area contributed by atoms with E-state index in [1.165, 1.54) is 5.57 Å². The maximum atomic E-state index is 10.6. The molecule has 0 aromatic rings. The highest BCUT2D eigenvalue weighted by Crippen LogP contribution is 2.08. The van der Waals surface area contributed by atoms with Crippen molar-refractivity contribution in [1.29, 1.82) is 0 Å². The Hall–Kier alpha value is -0.850. The first-order valence-electron chi connectivity index (χ1n) is 4.48. The lowest BCUT2D eigenvalue weighted by Gasteiger charge is -1.98. The summed E-state index contributed by atoms with van der Waals surface area (Å²) in [6.07, 6.45) is 8.91. The SMILES string of the molecule is C/C=C\C(=C/C)CCCC(C)=O. The molecule has 68 valence electrons. The average molecular weight is 166 g/mol. The summed E-state index contributed by atoms with van der Waals surface area (Å²) in [6, 6.07) is 0. The van der Waals surface area contributed by atoms with Crippen LogP contribution in [0.15, 0.2) is 23.8 Å². The van der Waals surface area contributed by atoms with Crippen LogP contribution in [0.25, 0.3) is 0 Å². The van der Waals surface area contributed by atoms with E-state index in [1.807, 2.05) is 19.9 Å². The van der Waals surface area contributed by atoms with Gasteiger partial charge in [0.2, 0.25) is 0 Å². The van der Waals surface area contributed by atoms with Crippen molar-refractivity contribution in [2.75, 3.05) is 0 Å². The highest BCUT2D eigenvalue weighted by molar-refractivity contribution is 5.75. The van der Waals surface area contributed by atoms with Gasteiger partial charge < -0.3 is 4.79 Å². The standard InChI is InChI=1S/C11H18O/c1-4-7-11(5-2)9-6-8-10(3)12/h4-5,7H,6,8-9H2,1-3H3/b7-4-,11-5+. The van der Waals surface area contributed by atoms with Crippen LogP contribution in [0, 0.1) is 0 Å². The van der Waals surface area contributed by atoms with E-state index in [9.17, 15) is 4.79 Å². The van der Waals surface area contributed by atoms with Crippen LogP contribution in [0.2, 0.25) is 0 Å². The molecular weight excluding hydrogens is 148 g/mol. The zero-order valence-electron chi connectivity index (χ0n) is 8.26. The molecule has 1 nitrogen and oxygen atoms in total. The van der Waals surface area contributed by atoms with Gasteiger partial charge in [-0.15, -0.1) is 0 Å². The fourth-order valence-electron chi connectivity index (χ4n) is 1.08. The zero-order chi connectivity index (χ0) is 9.40. The third-order valence-electron chi connectivity index (χ3n) is 1.75. The molecule has 0 aliphatic heterocycles. The Morgan fingerprint density at radius 1 is 1.25 bits per heavy atom. The molecule has 0 aliphatic rings. The maximum absolute atomic E-state index is 10.6. The van der Waals surface area contributed by atoms with Gasteiger partial charge in [0.1, 0.15) is 5.78 Å². The number of ketones is 1. The Labute approximate surface area is 75.2 Å². The van der Waals surface area contributed by atoms with E-state index >= 15 is 0 Å². The summed E-state index contributed by atoms with van der Waals surface area (Å²) in [6.45, 7) is 5.68. The molecule has 0 unspecified atom stereocenters. The van der Waals surface area contributed by atoms with Gasteiger partial charge in [-0.3, -0.25) is 0 Å². The van der Waals surface area contributed by atoms with Crippen molar-refractivity contribution in [2.45, 2.75) is 40.0 Å². The molecule has 0 saturated carbocycles. The van der Waals surface area contributed by atoms with Gasteiger partial charge in [0, 0.05) is 6.42 Å². The molecule has 0 aromatic heterocycles. The lowest BCUT2D eigenvalue weighted by atomic mass is 10.1.